The van der Waals surface area contributed by atoms with E-state index >= 15 is 0 Å². The van der Waals surface area contributed by atoms with E-state index in [2.05, 4.69) is 0 Å². The number of alkyl halides is 1. The van der Waals surface area contributed by atoms with E-state index in [9.17, 15) is 9.18 Å². The predicted molar refractivity (Wildman–Crippen MR) is 81.7 cm³/mol. The third-order valence-corrected chi connectivity index (χ3v) is 4.12. The van der Waals surface area contributed by atoms with Gasteiger partial charge in [-0.15, -0.1) is 0 Å². The average molecular weight is 298 g/mol. The van der Waals surface area contributed by atoms with Crippen LogP contribution in [-0.4, -0.2) is 23.9 Å². The molecule has 21 heavy (non-hydrogen) atoms. The van der Waals surface area contributed by atoms with Crippen molar-refractivity contribution in [3.05, 3.63) is 24.0 Å². The summed E-state index contributed by atoms with van der Waals surface area (Å²) in [4.78, 5) is 10.8. The number of allylic oxidation sites excluding steroid dienone is 4. The lowest BCUT2D eigenvalue weighted by atomic mass is 9.88. The summed E-state index contributed by atoms with van der Waals surface area (Å²) in [5, 5.41) is 8.88. The molecule has 0 bridgehead atoms. The van der Waals surface area contributed by atoms with Crippen LogP contribution in [0.1, 0.15) is 52.4 Å². The van der Waals surface area contributed by atoms with Crippen LogP contribution < -0.4 is 0 Å². The predicted octanol–water partition coefficient (Wildman–Crippen LogP) is 4.49. The molecule has 4 heteroatoms. The van der Waals surface area contributed by atoms with Crippen molar-refractivity contribution in [3.63, 3.8) is 0 Å². The molecule has 0 amide bonds. The third-order valence-electron chi connectivity index (χ3n) is 4.12. The Kier molecular flexibility index (Phi) is 8.09. The molecule has 1 aliphatic rings. The molecule has 1 fully saturated rings. The maximum absolute atomic E-state index is 13.8. The maximum Gasteiger partial charge on any atom is 0.303 e. The molecule has 0 aromatic heterocycles. The number of aliphatic carboxylic acids is 1. The molecule has 1 rings (SSSR count). The smallest absolute Gasteiger partial charge is 0.303 e. The van der Waals surface area contributed by atoms with Gasteiger partial charge in [0.1, 0.15) is 12.8 Å². The summed E-state index contributed by atoms with van der Waals surface area (Å²) in [6, 6.07) is 0. The molecule has 0 saturated heterocycles. The first kappa shape index (κ1) is 17.7. The molecule has 0 aliphatic heterocycles. The molecule has 2 unspecified atom stereocenters. The van der Waals surface area contributed by atoms with Gasteiger partial charge in [-0.05, 0) is 51.0 Å². The van der Waals surface area contributed by atoms with Crippen molar-refractivity contribution in [2.75, 3.05) is 6.61 Å². The van der Waals surface area contributed by atoms with Crippen LogP contribution in [0, 0.1) is 11.8 Å². The highest BCUT2D eigenvalue weighted by molar-refractivity contribution is 5.67. The largest absolute Gasteiger partial charge is 0.495 e. The highest BCUT2D eigenvalue weighted by Gasteiger charge is 2.29. The Morgan fingerprint density at radius 2 is 2.14 bits per heavy atom. The molecular weight excluding hydrogens is 271 g/mol. The van der Waals surface area contributed by atoms with E-state index < -0.39 is 12.1 Å². The molecule has 1 aliphatic carbocycles. The van der Waals surface area contributed by atoms with Gasteiger partial charge in [-0.3, -0.25) is 4.79 Å². The summed E-state index contributed by atoms with van der Waals surface area (Å²) < 4.78 is 19.2. The minimum absolute atomic E-state index is 0.0796. The van der Waals surface area contributed by atoms with Crippen LogP contribution in [0.15, 0.2) is 24.0 Å². The van der Waals surface area contributed by atoms with Crippen LogP contribution >= 0.6 is 0 Å². The molecule has 0 aromatic rings. The summed E-state index contributed by atoms with van der Waals surface area (Å²) in [5.41, 5.74) is 0. The fraction of sp³-hybridized carbons (Fsp3) is 0.706. The van der Waals surface area contributed by atoms with Gasteiger partial charge >= 0.3 is 5.97 Å². The number of hydrogen-bond acceptors (Lipinski definition) is 2. The Morgan fingerprint density at radius 3 is 2.81 bits per heavy atom. The zero-order valence-electron chi connectivity index (χ0n) is 13.1. The normalized spacial score (nSPS) is 24.4. The van der Waals surface area contributed by atoms with Gasteiger partial charge in [-0.1, -0.05) is 25.0 Å². The Labute approximate surface area is 126 Å². The fourth-order valence-corrected chi connectivity index (χ4v) is 2.97. The number of halogens is 1. The van der Waals surface area contributed by atoms with Crippen LogP contribution in [0.2, 0.25) is 0 Å². The molecule has 0 spiro atoms. The Balaban J connectivity index is 2.26. The number of rotatable bonds is 9. The topological polar surface area (TPSA) is 46.5 Å². The Hall–Kier alpha value is -1.32. The standard InChI is InChI=1S/C17H27FO3/c1-3-4-6-13(2)21-12-16(18)10-9-14-7-5-8-15(14)11-17(19)20/h3-4,6,14-16H,5,7-12H2,1-2H3,(H,19,20)/b4-3-,13-6+/t14?,15-,16?/m1/s1. The molecule has 3 nitrogen and oxygen atoms in total. The van der Waals surface area contributed by atoms with Gasteiger partial charge in [0.05, 0.1) is 5.76 Å². The molecule has 1 N–H and O–H groups in total. The van der Waals surface area contributed by atoms with E-state index in [0.717, 1.165) is 25.7 Å². The van der Waals surface area contributed by atoms with Crippen LogP contribution in [-0.2, 0) is 9.53 Å². The maximum atomic E-state index is 13.8. The molecule has 0 heterocycles. The Bertz CT molecular complexity index is 376. The van der Waals surface area contributed by atoms with E-state index in [1.54, 1.807) is 0 Å². The van der Waals surface area contributed by atoms with Gasteiger partial charge in [0.15, 0.2) is 0 Å². The highest BCUT2D eigenvalue weighted by Crippen LogP contribution is 2.37. The van der Waals surface area contributed by atoms with Crippen LogP contribution in [0.5, 0.6) is 0 Å². The van der Waals surface area contributed by atoms with Crippen molar-refractivity contribution in [2.24, 2.45) is 11.8 Å². The Morgan fingerprint density at radius 1 is 1.43 bits per heavy atom. The van der Waals surface area contributed by atoms with Gasteiger partial charge in [-0.2, -0.15) is 0 Å². The summed E-state index contributed by atoms with van der Waals surface area (Å²) in [6.45, 7) is 3.81. The van der Waals surface area contributed by atoms with Crippen LogP contribution in [0.4, 0.5) is 4.39 Å². The third kappa shape index (κ3) is 7.30. The average Bonchev–Trinajstić information content (AvgIpc) is 2.87. The number of hydrogen-bond donors (Lipinski definition) is 1. The lowest BCUT2D eigenvalue weighted by molar-refractivity contribution is -0.138. The summed E-state index contributed by atoms with van der Waals surface area (Å²) in [5.74, 6) is 0.558. The first-order valence-electron chi connectivity index (χ1n) is 7.81. The number of carboxylic acid groups (broad SMARTS) is 1. The van der Waals surface area contributed by atoms with Gasteiger partial charge < -0.3 is 9.84 Å². The van der Waals surface area contributed by atoms with E-state index in [4.69, 9.17) is 9.84 Å². The number of ether oxygens (including phenoxy) is 1. The lowest BCUT2D eigenvalue weighted by Gasteiger charge is -2.19. The van der Waals surface area contributed by atoms with E-state index in [1.807, 2.05) is 32.1 Å². The fourth-order valence-electron chi connectivity index (χ4n) is 2.97. The minimum atomic E-state index is -0.981. The van der Waals surface area contributed by atoms with Crippen LogP contribution in [0.25, 0.3) is 0 Å². The lowest BCUT2D eigenvalue weighted by Crippen LogP contribution is -2.16. The van der Waals surface area contributed by atoms with Crippen molar-refractivity contribution >= 4 is 5.97 Å². The van der Waals surface area contributed by atoms with Crippen molar-refractivity contribution in [2.45, 2.75) is 58.5 Å². The monoisotopic (exact) mass is 298 g/mol. The van der Waals surface area contributed by atoms with E-state index in [-0.39, 0.29) is 18.9 Å². The van der Waals surface area contributed by atoms with Gasteiger partial charge in [0.2, 0.25) is 0 Å². The first-order chi connectivity index (χ1) is 10.0. The summed E-state index contributed by atoms with van der Waals surface area (Å²) >= 11 is 0. The minimum Gasteiger partial charge on any atom is -0.495 e. The summed E-state index contributed by atoms with van der Waals surface area (Å²) in [6.07, 6.45) is 9.10. The molecule has 1 saturated carbocycles. The molecule has 0 radical (unpaired) electrons. The van der Waals surface area contributed by atoms with Gasteiger partial charge in [0.25, 0.3) is 0 Å². The zero-order chi connectivity index (χ0) is 15.7. The second kappa shape index (κ2) is 9.59. The quantitative estimate of drug-likeness (QED) is 0.504. The van der Waals surface area contributed by atoms with Gasteiger partial charge in [-0.25, -0.2) is 4.39 Å². The molecular formula is C17H27FO3. The van der Waals surface area contributed by atoms with Crippen molar-refractivity contribution in [1.82, 2.24) is 0 Å². The number of carbonyl (C=O) groups is 1. The van der Waals surface area contributed by atoms with E-state index in [1.165, 1.54) is 0 Å². The molecule has 3 atom stereocenters. The van der Waals surface area contributed by atoms with Crippen molar-refractivity contribution in [3.8, 4) is 0 Å². The van der Waals surface area contributed by atoms with Crippen LogP contribution in [0.3, 0.4) is 0 Å². The van der Waals surface area contributed by atoms with Crippen molar-refractivity contribution in [1.29, 1.82) is 0 Å². The molecule has 0 aromatic carbocycles. The highest BCUT2D eigenvalue weighted by atomic mass is 19.1. The number of carboxylic acids is 1. The van der Waals surface area contributed by atoms with Gasteiger partial charge in [0, 0.05) is 6.42 Å². The van der Waals surface area contributed by atoms with Crippen molar-refractivity contribution < 1.29 is 19.0 Å². The second-order valence-electron chi connectivity index (χ2n) is 5.84. The molecule has 120 valence electrons. The van der Waals surface area contributed by atoms with E-state index in [0.29, 0.717) is 18.1 Å². The second-order valence-corrected chi connectivity index (χ2v) is 5.84. The summed E-state index contributed by atoms with van der Waals surface area (Å²) in [7, 11) is 0. The zero-order valence-corrected chi connectivity index (χ0v) is 13.1. The first-order valence-corrected chi connectivity index (χ1v) is 7.81. The SMILES string of the molecule is C/C=C\C=C(/C)OCC(F)CCC1CCC[C@@H]1CC(=O)O.